The van der Waals surface area contributed by atoms with Crippen LogP contribution in [0.4, 0.5) is 8.78 Å². The van der Waals surface area contributed by atoms with Crippen molar-refractivity contribution in [2.45, 2.75) is 13.0 Å². The molecule has 1 heterocycles. The maximum Gasteiger partial charge on any atom is 0.339 e. The summed E-state index contributed by atoms with van der Waals surface area (Å²) in [5.41, 5.74) is 1.16. The summed E-state index contributed by atoms with van der Waals surface area (Å²) in [6.45, 7) is 0.0584. The van der Waals surface area contributed by atoms with Gasteiger partial charge in [0.25, 0.3) is 0 Å². The summed E-state index contributed by atoms with van der Waals surface area (Å²) in [5, 5.41) is 0. The number of methoxy groups -OCH3 is 1. The van der Waals surface area contributed by atoms with Gasteiger partial charge in [-0.25, -0.2) is 17.9 Å². The fourth-order valence-electron chi connectivity index (χ4n) is 2.09. The van der Waals surface area contributed by atoms with Gasteiger partial charge in [0.1, 0.15) is 0 Å². The average molecular weight is 369 g/mol. The Morgan fingerprint density at radius 3 is 2.60 bits per heavy atom. The van der Waals surface area contributed by atoms with E-state index in [1.807, 2.05) is 0 Å². The Bertz CT molecular complexity index is 771. The van der Waals surface area contributed by atoms with E-state index in [2.05, 4.69) is 9.72 Å². The topological polar surface area (TPSA) is 82.6 Å². The number of aromatic nitrogens is 1. The van der Waals surface area contributed by atoms with Gasteiger partial charge in [0, 0.05) is 24.0 Å². The molecule has 0 saturated heterocycles. The molecule has 0 aliphatic carbocycles. The van der Waals surface area contributed by atoms with Crippen LogP contribution in [0.3, 0.4) is 0 Å². The monoisotopic (exact) mass is 369 g/mol. The average Bonchev–Trinajstić information content (AvgIpc) is 2.61. The fourth-order valence-corrected chi connectivity index (χ4v) is 2.57. The van der Waals surface area contributed by atoms with Crippen molar-refractivity contribution in [3.63, 3.8) is 0 Å². The van der Waals surface area contributed by atoms with Crippen LogP contribution in [0.1, 0.15) is 21.6 Å². The quantitative estimate of drug-likeness (QED) is 0.551. The fraction of sp³-hybridized carbons (Fsp3) is 0.250. The van der Waals surface area contributed by atoms with Crippen LogP contribution in [-0.4, -0.2) is 37.7 Å². The van der Waals surface area contributed by atoms with E-state index in [0.29, 0.717) is 11.3 Å². The Hall–Kier alpha value is -2.23. The summed E-state index contributed by atoms with van der Waals surface area (Å²) in [4.78, 5) is 15.4. The number of carbonyl (C=O) groups is 1. The number of rotatable bonds is 7. The van der Waals surface area contributed by atoms with E-state index in [0.717, 1.165) is 16.4 Å². The van der Waals surface area contributed by atoms with Gasteiger partial charge in [-0.15, -0.1) is 0 Å². The summed E-state index contributed by atoms with van der Waals surface area (Å²) in [6.07, 6.45) is 1.51. The molecule has 25 heavy (non-hydrogen) atoms. The molecule has 0 spiro atoms. The number of ether oxygens (including phenoxy) is 1. The lowest BCUT2D eigenvalue weighted by Crippen LogP contribution is -2.28. The highest BCUT2D eigenvalue weighted by atomic mass is 32.2. The van der Waals surface area contributed by atoms with Crippen molar-refractivity contribution >= 4 is 17.2 Å². The van der Waals surface area contributed by atoms with E-state index in [1.165, 1.54) is 31.5 Å². The predicted molar refractivity (Wildman–Crippen MR) is 85.0 cm³/mol. The first-order valence-corrected chi connectivity index (χ1v) is 8.25. The highest BCUT2D eigenvalue weighted by Crippen LogP contribution is 2.12. The third-order valence-corrected chi connectivity index (χ3v) is 4.16. The molecule has 1 aromatic carbocycles. The lowest BCUT2D eigenvalue weighted by molar-refractivity contribution is 0.0600. The molecule has 0 amide bonds. The molecule has 1 aromatic heterocycles. The number of hydrogen-bond acceptors (Lipinski definition) is 5. The number of halogens is 2. The van der Waals surface area contributed by atoms with Crippen LogP contribution in [-0.2, 0) is 29.0 Å². The highest BCUT2D eigenvalue weighted by molar-refractivity contribution is 7.76. The van der Waals surface area contributed by atoms with Crippen LogP contribution in [0.15, 0.2) is 36.5 Å². The molecular formula is C16H15F2N2O4S-. The number of carbonyl (C=O) groups excluding carboxylic acids is 1. The maximum absolute atomic E-state index is 13.2. The van der Waals surface area contributed by atoms with E-state index in [4.69, 9.17) is 0 Å². The van der Waals surface area contributed by atoms with Gasteiger partial charge in [-0.1, -0.05) is 6.07 Å². The van der Waals surface area contributed by atoms with Gasteiger partial charge in [-0.2, -0.15) is 0 Å². The van der Waals surface area contributed by atoms with Crippen LogP contribution in [0.5, 0.6) is 0 Å². The molecular weight excluding hydrogens is 354 g/mol. The summed E-state index contributed by atoms with van der Waals surface area (Å²) in [5.74, 6) is -2.48. The third-order valence-electron chi connectivity index (χ3n) is 3.43. The van der Waals surface area contributed by atoms with Crippen molar-refractivity contribution in [2.75, 3.05) is 13.7 Å². The molecule has 2 rings (SSSR count). The minimum Gasteiger partial charge on any atom is -0.760 e. The Balaban J connectivity index is 2.01. The smallest absolute Gasteiger partial charge is 0.339 e. The van der Waals surface area contributed by atoms with E-state index in [9.17, 15) is 22.3 Å². The van der Waals surface area contributed by atoms with Crippen LogP contribution >= 0.6 is 0 Å². The summed E-state index contributed by atoms with van der Waals surface area (Å²) >= 11 is -2.52. The highest BCUT2D eigenvalue weighted by Gasteiger charge is 2.11. The van der Waals surface area contributed by atoms with Crippen molar-refractivity contribution in [3.05, 3.63) is 65.0 Å². The van der Waals surface area contributed by atoms with Crippen molar-refractivity contribution in [2.24, 2.45) is 0 Å². The summed E-state index contributed by atoms with van der Waals surface area (Å²) in [6, 6.07) is 6.42. The summed E-state index contributed by atoms with van der Waals surface area (Å²) < 4.78 is 54.5. The largest absolute Gasteiger partial charge is 0.760 e. The minimum absolute atomic E-state index is 0.0127. The molecule has 0 bridgehead atoms. The van der Waals surface area contributed by atoms with Crippen molar-refractivity contribution in [1.82, 2.24) is 9.29 Å². The summed E-state index contributed by atoms with van der Waals surface area (Å²) in [7, 11) is 1.25. The van der Waals surface area contributed by atoms with Crippen molar-refractivity contribution in [1.29, 1.82) is 0 Å². The van der Waals surface area contributed by atoms with E-state index >= 15 is 0 Å². The molecule has 2 aromatic rings. The zero-order chi connectivity index (χ0) is 18.4. The number of nitrogens with zero attached hydrogens (tertiary/aromatic N) is 2. The third kappa shape index (κ3) is 5.38. The normalized spacial score (nSPS) is 12.2. The van der Waals surface area contributed by atoms with Gasteiger partial charge < -0.3 is 9.29 Å². The maximum atomic E-state index is 13.2. The first-order chi connectivity index (χ1) is 11.9. The predicted octanol–water partition coefficient (Wildman–Crippen LogP) is 1.99. The molecule has 0 saturated carbocycles. The van der Waals surface area contributed by atoms with E-state index in [1.54, 1.807) is 0 Å². The lowest BCUT2D eigenvalue weighted by atomic mass is 10.1. The minimum atomic E-state index is -2.52. The molecule has 0 fully saturated rings. The Morgan fingerprint density at radius 2 is 2.04 bits per heavy atom. The number of pyridine rings is 1. The van der Waals surface area contributed by atoms with Gasteiger partial charge in [0.15, 0.2) is 11.6 Å². The van der Waals surface area contributed by atoms with Crippen LogP contribution in [0, 0.1) is 11.6 Å². The van der Waals surface area contributed by atoms with Gasteiger partial charge in [-0.05, 0) is 36.2 Å². The lowest BCUT2D eigenvalue weighted by Gasteiger charge is -2.23. The zero-order valence-electron chi connectivity index (χ0n) is 13.3. The van der Waals surface area contributed by atoms with Gasteiger partial charge in [0.05, 0.1) is 24.9 Å². The SMILES string of the molecule is COC(=O)c1ccc(CN(CCc2ccc(F)c(F)c2)S(=O)[O-])nc1. The second kappa shape index (κ2) is 8.75. The number of hydrogen-bond donors (Lipinski definition) is 0. The Morgan fingerprint density at radius 1 is 1.28 bits per heavy atom. The van der Waals surface area contributed by atoms with E-state index in [-0.39, 0.29) is 25.1 Å². The second-order valence-electron chi connectivity index (χ2n) is 5.11. The molecule has 0 aliphatic rings. The molecule has 0 N–H and O–H groups in total. The van der Waals surface area contributed by atoms with Crippen molar-refractivity contribution < 1.29 is 27.1 Å². The molecule has 134 valence electrons. The molecule has 0 aliphatic heterocycles. The second-order valence-corrected chi connectivity index (χ2v) is 6.06. The molecule has 9 heteroatoms. The molecule has 0 radical (unpaired) electrons. The Labute approximate surface area is 145 Å². The number of esters is 1. The van der Waals surface area contributed by atoms with Gasteiger partial charge in [0.2, 0.25) is 0 Å². The van der Waals surface area contributed by atoms with Gasteiger partial charge >= 0.3 is 5.97 Å². The van der Waals surface area contributed by atoms with Crippen LogP contribution < -0.4 is 0 Å². The van der Waals surface area contributed by atoms with Gasteiger partial charge in [-0.3, -0.25) is 9.19 Å². The van der Waals surface area contributed by atoms with E-state index < -0.39 is 28.9 Å². The first-order valence-electron chi connectivity index (χ1n) is 7.22. The van der Waals surface area contributed by atoms with Crippen LogP contribution in [0.25, 0.3) is 0 Å². The molecule has 1 unspecified atom stereocenters. The zero-order valence-corrected chi connectivity index (χ0v) is 14.1. The van der Waals surface area contributed by atoms with Crippen molar-refractivity contribution in [3.8, 4) is 0 Å². The Kier molecular flexibility index (Phi) is 6.68. The standard InChI is InChI=1S/C16H16F2N2O4S/c1-24-16(21)12-3-4-13(19-9-12)10-20(25(22)23)7-6-11-2-5-14(17)15(18)8-11/h2-5,8-9H,6-7,10H2,1H3,(H,22,23)/p-1. The van der Waals surface area contributed by atoms with Crippen LogP contribution in [0.2, 0.25) is 0 Å². The first kappa shape index (κ1) is 19.1. The molecule has 1 atom stereocenters. The number of benzene rings is 1. The molecule has 6 nitrogen and oxygen atoms in total.